The molecule has 2 aromatic rings. The molecule has 11 heteroatoms. The molecule has 0 spiro atoms. The van der Waals surface area contributed by atoms with Crippen LogP contribution in [0.1, 0.15) is 36.2 Å². The van der Waals surface area contributed by atoms with Crippen LogP contribution in [0.3, 0.4) is 0 Å². The predicted octanol–water partition coefficient (Wildman–Crippen LogP) is 3.02. The van der Waals surface area contributed by atoms with Gasteiger partial charge in [-0.25, -0.2) is 13.2 Å². The highest BCUT2D eigenvalue weighted by atomic mass is 32.2. The van der Waals surface area contributed by atoms with Crippen molar-refractivity contribution in [3.8, 4) is 0 Å². The van der Waals surface area contributed by atoms with Crippen LogP contribution in [0.5, 0.6) is 0 Å². The maximum absolute atomic E-state index is 12.6. The Hall–Kier alpha value is -3.47. The van der Waals surface area contributed by atoms with Gasteiger partial charge in [0.05, 0.1) is 16.9 Å². The molecule has 1 amide bonds. The van der Waals surface area contributed by atoms with E-state index in [0.717, 1.165) is 6.07 Å². The lowest BCUT2D eigenvalue weighted by Crippen LogP contribution is -2.42. The minimum absolute atomic E-state index is 0.147. The second-order valence-corrected chi connectivity index (χ2v) is 9.25. The number of sulfonamides is 1. The lowest BCUT2D eigenvalue weighted by molar-refractivity contribution is -0.385. The van der Waals surface area contributed by atoms with E-state index in [1.807, 2.05) is 13.8 Å². The largest absolute Gasteiger partial charge is 0.467 e. The SMILES string of the molecule is COC(=O)C(CC(C)C)NC(=O)c1ccc(NS(=O)(=O)c2ccc(C)c([N+](=O)[O-])c2)cc1. The molecule has 1 atom stereocenters. The quantitative estimate of drug-likeness (QED) is 0.330. The second-order valence-electron chi connectivity index (χ2n) is 7.57. The van der Waals surface area contributed by atoms with E-state index in [-0.39, 0.29) is 27.8 Å². The van der Waals surface area contributed by atoms with Gasteiger partial charge >= 0.3 is 5.97 Å². The summed E-state index contributed by atoms with van der Waals surface area (Å²) in [7, 11) is -2.84. The summed E-state index contributed by atoms with van der Waals surface area (Å²) < 4.78 is 32.2. The van der Waals surface area contributed by atoms with Gasteiger partial charge in [0.15, 0.2) is 0 Å². The Morgan fingerprint density at radius 2 is 1.75 bits per heavy atom. The van der Waals surface area contributed by atoms with Crippen molar-refractivity contribution in [1.29, 1.82) is 0 Å². The van der Waals surface area contributed by atoms with Crippen LogP contribution in [0.25, 0.3) is 0 Å². The molecule has 0 fully saturated rings. The lowest BCUT2D eigenvalue weighted by Gasteiger charge is -2.18. The van der Waals surface area contributed by atoms with Gasteiger partial charge in [-0.05, 0) is 49.6 Å². The van der Waals surface area contributed by atoms with Gasteiger partial charge in [0.2, 0.25) is 0 Å². The molecule has 2 N–H and O–H groups in total. The van der Waals surface area contributed by atoms with Crippen molar-refractivity contribution in [2.75, 3.05) is 11.8 Å². The molecule has 32 heavy (non-hydrogen) atoms. The average Bonchev–Trinajstić information content (AvgIpc) is 2.72. The number of nitrogens with one attached hydrogen (secondary N) is 2. The Bertz CT molecular complexity index is 1110. The van der Waals surface area contributed by atoms with Crippen LogP contribution in [0.4, 0.5) is 11.4 Å². The number of aryl methyl sites for hydroxylation is 1. The molecule has 1 unspecified atom stereocenters. The van der Waals surface area contributed by atoms with Crippen LogP contribution < -0.4 is 10.0 Å². The molecule has 0 radical (unpaired) electrons. The Labute approximate surface area is 186 Å². The zero-order valence-corrected chi connectivity index (χ0v) is 18.9. The van der Waals surface area contributed by atoms with E-state index in [1.54, 1.807) is 0 Å². The van der Waals surface area contributed by atoms with Crippen LogP contribution in [-0.2, 0) is 19.6 Å². The number of hydrogen-bond donors (Lipinski definition) is 2. The molecule has 172 valence electrons. The molecular weight excluding hydrogens is 438 g/mol. The van der Waals surface area contributed by atoms with E-state index in [9.17, 15) is 28.1 Å². The number of nitro benzene ring substituents is 1. The number of benzene rings is 2. The van der Waals surface area contributed by atoms with Crippen molar-refractivity contribution in [2.24, 2.45) is 5.92 Å². The normalized spacial score (nSPS) is 12.2. The summed E-state index contributed by atoms with van der Waals surface area (Å²) in [4.78, 5) is 34.6. The molecule has 0 saturated carbocycles. The predicted molar refractivity (Wildman–Crippen MR) is 118 cm³/mol. The number of anilines is 1. The molecule has 0 heterocycles. The van der Waals surface area contributed by atoms with Crippen molar-refractivity contribution in [1.82, 2.24) is 5.32 Å². The number of ether oxygens (including phenoxy) is 1. The zero-order chi connectivity index (χ0) is 24.1. The van der Waals surface area contributed by atoms with Crippen molar-refractivity contribution >= 4 is 33.3 Å². The third kappa shape index (κ3) is 6.27. The van der Waals surface area contributed by atoms with Crippen molar-refractivity contribution < 1.29 is 27.7 Å². The fourth-order valence-corrected chi connectivity index (χ4v) is 4.00. The van der Waals surface area contributed by atoms with Gasteiger partial charge in [-0.15, -0.1) is 0 Å². The summed E-state index contributed by atoms with van der Waals surface area (Å²) in [6.45, 7) is 5.33. The van der Waals surface area contributed by atoms with Crippen LogP contribution in [0.2, 0.25) is 0 Å². The topological polar surface area (TPSA) is 145 Å². The maximum atomic E-state index is 12.6. The summed E-state index contributed by atoms with van der Waals surface area (Å²) in [6.07, 6.45) is 0.402. The fourth-order valence-electron chi connectivity index (χ4n) is 2.93. The Balaban J connectivity index is 2.16. The van der Waals surface area contributed by atoms with Gasteiger partial charge < -0.3 is 10.1 Å². The molecular formula is C21H25N3O7S. The molecule has 10 nitrogen and oxygen atoms in total. The zero-order valence-electron chi connectivity index (χ0n) is 18.1. The van der Waals surface area contributed by atoms with Gasteiger partial charge in [-0.2, -0.15) is 0 Å². The minimum Gasteiger partial charge on any atom is -0.467 e. The number of nitro groups is 1. The number of esters is 1. The van der Waals surface area contributed by atoms with Gasteiger partial charge in [0.1, 0.15) is 6.04 Å². The van der Waals surface area contributed by atoms with Crippen LogP contribution >= 0.6 is 0 Å². The first-order chi connectivity index (χ1) is 14.9. The Morgan fingerprint density at radius 1 is 1.12 bits per heavy atom. The highest BCUT2D eigenvalue weighted by Gasteiger charge is 2.24. The number of carbonyl (C=O) groups is 2. The molecule has 0 saturated heterocycles. The van der Waals surface area contributed by atoms with Crippen molar-refractivity contribution in [3.63, 3.8) is 0 Å². The first-order valence-corrected chi connectivity index (χ1v) is 11.2. The van der Waals surface area contributed by atoms with Crippen LogP contribution in [0.15, 0.2) is 47.4 Å². The fraction of sp³-hybridized carbons (Fsp3) is 0.333. The number of rotatable bonds is 9. The van der Waals surface area contributed by atoms with E-state index in [4.69, 9.17) is 4.74 Å². The lowest BCUT2D eigenvalue weighted by atomic mass is 10.0. The maximum Gasteiger partial charge on any atom is 0.328 e. The summed E-state index contributed by atoms with van der Waals surface area (Å²) in [6, 6.07) is 8.37. The van der Waals surface area contributed by atoms with E-state index in [2.05, 4.69) is 10.0 Å². The minimum atomic E-state index is -4.08. The van der Waals surface area contributed by atoms with E-state index >= 15 is 0 Å². The number of nitrogens with zero attached hydrogens (tertiary/aromatic N) is 1. The summed E-state index contributed by atoms with van der Waals surface area (Å²) in [5.41, 5.74) is 0.418. The van der Waals surface area contributed by atoms with E-state index in [1.165, 1.54) is 50.4 Å². The number of hydrogen-bond acceptors (Lipinski definition) is 7. The molecule has 2 aromatic carbocycles. The van der Waals surface area contributed by atoms with E-state index < -0.39 is 32.9 Å². The smallest absolute Gasteiger partial charge is 0.328 e. The molecule has 0 aliphatic carbocycles. The highest BCUT2D eigenvalue weighted by Crippen LogP contribution is 2.24. The third-order valence-electron chi connectivity index (χ3n) is 4.59. The first kappa shape index (κ1) is 24.8. The van der Waals surface area contributed by atoms with Gasteiger partial charge in [0, 0.05) is 22.9 Å². The molecule has 0 aromatic heterocycles. The van der Waals surface area contributed by atoms with Gasteiger partial charge in [-0.3, -0.25) is 19.6 Å². The third-order valence-corrected chi connectivity index (χ3v) is 5.96. The van der Waals surface area contributed by atoms with Crippen molar-refractivity contribution in [2.45, 2.75) is 38.1 Å². The number of carbonyl (C=O) groups excluding carboxylic acids is 2. The Kier molecular flexibility index (Phi) is 7.92. The summed E-state index contributed by atoms with van der Waals surface area (Å²) in [5.74, 6) is -0.915. The standard InChI is InChI=1S/C21H25N3O7S/c1-13(2)11-18(21(26)31-4)22-20(25)15-6-8-16(9-7-15)23-32(29,30)17-10-5-14(3)19(12-17)24(27)28/h5-10,12-13,18,23H,11H2,1-4H3,(H,22,25). The van der Waals surface area contributed by atoms with Gasteiger partial charge in [0.25, 0.3) is 21.6 Å². The molecule has 0 aliphatic heterocycles. The molecule has 0 aliphatic rings. The van der Waals surface area contributed by atoms with E-state index in [0.29, 0.717) is 12.0 Å². The van der Waals surface area contributed by atoms with Crippen LogP contribution in [0, 0.1) is 23.0 Å². The summed E-state index contributed by atoms with van der Waals surface area (Å²) >= 11 is 0. The van der Waals surface area contributed by atoms with Crippen molar-refractivity contribution in [3.05, 3.63) is 63.7 Å². The second kappa shape index (κ2) is 10.2. The highest BCUT2D eigenvalue weighted by molar-refractivity contribution is 7.92. The van der Waals surface area contributed by atoms with Gasteiger partial charge in [-0.1, -0.05) is 19.9 Å². The molecule has 0 bridgehead atoms. The number of methoxy groups -OCH3 is 1. The number of amides is 1. The Morgan fingerprint density at radius 3 is 2.28 bits per heavy atom. The monoisotopic (exact) mass is 463 g/mol. The van der Waals surface area contributed by atoms with Crippen LogP contribution in [-0.4, -0.2) is 38.4 Å². The molecule has 2 rings (SSSR count). The summed E-state index contributed by atoms with van der Waals surface area (Å²) in [5, 5.41) is 13.7. The first-order valence-electron chi connectivity index (χ1n) is 9.71. The average molecular weight is 464 g/mol.